The van der Waals surface area contributed by atoms with Gasteiger partial charge in [0.05, 0.1) is 16.3 Å². The van der Waals surface area contributed by atoms with Crippen LogP contribution >= 0.6 is 0 Å². The number of hydrogen-bond donors (Lipinski definition) is 1. The van der Waals surface area contributed by atoms with Gasteiger partial charge >= 0.3 is 0 Å². The van der Waals surface area contributed by atoms with Crippen molar-refractivity contribution < 1.29 is 14.1 Å². The molecule has 1 aliphatic rings. The molecule has 0 saturated carbocycles. The summed E-state index contributed by atoms with van der Waals surface area (Å²) >= 11 is 0. The van der Waals surface area contributed by atoms with E-state index in [0.29, 0.717) is 18.0 Å². The molecule has 0 atom stereocenters. The molecule has 1 N–H and O–H groups in total. The quantitative estimate of drug-likeness (QED) is 0.440. The first-order valence-corrected chi connectivity index (χ1v) is 10.4. The van der Waals surface area contributed by atoms with Crippen LogP contribution in [-0.2, 0) is 13.0 Å². The average Bonchev–Trinajstić information content (AvgIpc) is 3.15. The zero-order chi connectivity index (χ0) is 22.7. The molecule has 8 heteroatoms. The van der Waals surface area contributed by atoms with Crippen molar-refractivity contribution in [1.29, 1.82) is 0 Å². The van der Waals surface area contributed by atoms with Crippen LogP contribution < -0.4 is 5.43 Å². The lowest BCUT2D eigenvalue weighted by Gasteiger charge is -2.16. The highest BCUT2D eigenvalue weighted by Crippen LogP contribution is 2.31. The molecule has 0 bridgehead atoms. The van der Waals surface area contributed by atoms with E-state index < -0.39 is 4.92 Å². The second-order valence-electron chi connectivity index (χ2n) is 7.83. The summed E-state index contributed by atoms with van der Waals surface area (Å²) in [5.41, 5.74) is 7.17. The lowest BCUT2D eigenvalue weighted by Crippen LogP contribution is -2.26. The normalized spacial score (nSPS) is 14.1. The summed E-state index contributed by atoms with van der Waals surface area (Å²) in [5, 5.41) is 15.3. The number of amides is 1. The number of carbonyl (C=O) groups is 1. The van der Waals surface area contributed by atoms with Gasteiger partial charge in [0, 0.05) is 43.3 Å². The van der Waals surface area contributed by atoms with E-state index in [1.165, 1.54) is 12.1 Å². The van der Waals surface area contributed by atoms with E-state index in [9.17, 15) is 14.9 Å². The van der Waals surface area contributed by atoms with Crippen molar-refractivity contribution in [2.75, 3.05) is 12.5 Å². The van der Waals surface area contributed by atoms with Gasteiger partial charge in [0.1, 0.15) is 5.76 Å². The van der Waals surface area contributed by atoms with E-state index in [1.54, 1.807) is 24.1 Å². The maximum absolute atomic E-state index is 13.1. The monoisotopic (exact) mass is 432 g/mol. The molecule has 0 radical (unpaired) electrons. The smallest absolute Gasteiger partial charge is 0.289 e. The number of nitro groups is 1. The molecule has 3 aromatic rings. The van der Waals surface area contributed by atoms with Gasteiger partial charge in [-0.05, 0) is 37.5 Å². The Balaban J connectivity index is 1.55. The van der Waals surface area contributed by atoms with Crippen LogP contribution in [0.5, 0.6) is 0 Å². The minimum Gasteiger partial charge on any atom is -0.455 e. The summed E-state index contributed by atoms with van der Waals surface area (Å²) in [6, 6.07) is 15.9. The van der Waals surface area contributed by atoms with Crippen LogP contribution in [0.3, 0.4) is 0 Å². The number of nitrogens with zero attached hydrogens (tertiary/aromatic N) is 3. The number of hydrazone groups is 1. The molecular weight excluding hydrogens is 408 g/mol. The van der Waals surface area contributed by atoms with E-state index in [1.807, 2.05) is 37.3 Å². The number of fused-ring (bicyclic) bond motifs is 1. The third-order valence-electron chi connectivity index (χ3n) is 5.53. The average molecular weight is 432 g/mol. The number of non-ortho nitro benzene ring substituents is 1. The lowest BCUT2D eigenvalue weighted by molar-refractivity contribution is -0.384. The molecule has 1 aromatic heterocycles. The largest absolute Gasteiger partial charge is 0.455 e. The van der Waals surface area contributed by atoms with Gasteiger partial charge in [-0.1, -0.05) is 30.3 Å². The number of hydrogen-bond acceptors (Lipinski definition) is 6. The van der Waals surface area contributed by atoms with Crippen LogP contribution in [0.2, 0.25) is 0 Å². The molecule has 0 spiro atoms. The van der Waals surface area contributed by atoms with E-state index in [4.69, 9.17) is 4.42 Å². The fourth-order valence-corrected chi connectivity index (χ4v) is 3.88. The summed E-state index contributed by atoms with van der Waals surface area (Å²) in [6.45, 7) is 2.38. The molecule has 164 valence electrons. The standard InChI is InChI=1S/C24H24N4O4/c1-16-22-20(26-25-18-11-13-19(14-12-18)28(30)31)9-6-10-21(22)32-23(16)24(29)27(2)15-17-7-4-3-5-8-17/h3-5,7-8,11-14,25H,6,9-10,15H2,1-2H3/b26-20+. The second kappa shape index (κ2) is 9.05. The first-order valence-electron chi connectivity index (χ1n) is 10.4. The highest BCUT2D eigenvalue weighted by Gasteiger charge is 2.29. The first-order chi connectivity index (χ1) is 15.4. The van der Waals surface area contributed by atoms with E-state index in [0.717, 1.165) is 47.4 Å². The van der Waals surface area contributed by atoms with E-state index in [2.05, 4.69) is 10.5 Å². The molecule has 2 aromatic carbocycles. The zero-order valence-electron chi connectivity index (χ0n) is 18.0. The van der Waals surface area contributed by atoms with Gasteiger partial charge in [-0.25, -0.2) is 0 Å². The highest BCUT2D eigenvalue weighted by atomic mass is 16.6. The molecule has 1 aliphatic carbocycles. The van der Waals surface area contributed by atoms with Gasteiger partial charge in [0.2, 0.25) is 0 Å². The number of furan rings is 1. The molecule has 1 amide bonds. The number of aryl methyl sites for hydroxylation is 1. The third-order valence-corrected chi connectivity index (χ3v) is 5.53. The SMILES string of the molecule is Cc1c(C(=O)N(C)Cc2ccccc2)oc2c1/C(=N/Nc1ccc([N+](=O)[O-])cc1)CCC2. The Morgan fingerprint density at radius 2 is 1.88 bits per heavy atom. The number of nitrogens with one attached hydrogen (secondary N) is 1. The molecule has 4 rings (SSSR count). The Morgan fingerprint density at radius 1 is 1.16 bits per heavy atom. The minimum absolute atomic E-state index is 0.0246. The summed E-state index contributed by atoms with van der Waals surface area (Å²) in [4.78, 5) is 25.1. The van der Waals surface area contributed by atoms with Crippen molar-refractivity contribution >= 4 is 23.0 Å². The van der Waals surface area contributed by atoms with Gasteiger partial charge in [-0.3, -0.25) is 20.3 Å². The van der Waals surface area contributed by atoms with E-state index in [-0.39, 0.29) is 11.6 Å². The number of carbonyl (C=O) groups excluding carboxylic acids is 1. The molecule has 1 heterocycles. The molecular formula is C24H24N4O4. The van der Waals surface area contributed by atoms with Crippen molar-refractivity contribution in [3.05, 3.63) is 92.9 Å². The Bertz CT molecular complexity index is 1170. The molecule has 0 saturated heterocycles. The number of nitro benzene ring substituents is 1. The number of benzene rings is 2. The summed E-state index contributed by atoms with van der Waals surface area (Å²) in [5.74, 6) is 0.955. The van der Waals surface area contributed by atoms with Gasteiger partial charge in [-0.15, -0.1) is 0 Å². The summed E-state index contributed by atoms with van der Waals surface area (Å²) in [7, 11) is 1.77. The van der Waals surface area contributed by atoms with Crippen LogP contribution in [0.15, 0.2) is 64.1 Å². The van der Waals surface area contributed by atoms with Crippen molar-refractivity contribution in [2.24, 2.45) is 5.10 Å². The van der Waals surface area contributed by atoms with Crippen molar-refractivity contribution in [1.82, 2.24) is 4.90 Å². The van der Waals surface area contributed by atoms with Crippen LogP contribution in [0.4, 0.5) is 11.4 Å². The summed E-state index contributed by atoms with van der Waals surface area (Å²) < 4.78 is 6.01. The molecule has 0 aliphatic heterocycles. The van der Waals surface area contributed by atoms with Crippen LogP contribution in [0.25, 0.3) is 0 Å². The molecule has 32 heavy (non-hydrogen) atoms. The zero-order valence-corrected chi connectivity index (χ0v) is 18.0. The highest BCUT2D eigenvalue weighted by molar-refractivity contribution is 6.06. The maximum atomic E-state index is 13.1. The Hall–Kier alpha value is -3.94. The fourth-order valence-electron chi connectivity index (χ4n) is 3.88. The summed E-state index contributed by atoms with van der Waals surface area (Å²) in [6.07, 6.45) is 2.37. The second-order valence-corrected chi connectivity index (χ2v) is 7.83. The van der Waals surface area contributed by atoms with Gasteiger partial charge < -0.3 is 9.32 Å². The molecule has 0 fully saturated rings. The van der Waals surface area contributed by atoms with Crippen molar-refractivity contribution in [3.63, 3.8) is 0 Å². The predicted molar refractivity (Wildman–Crippen MR) is 122 cm³/mol. The van der Waals surface area contributed by atoms with Crippen LogP contribution in [0.1, 0.15) is 45.8 Å². The van der Waals surface area contributed by atoms with Crippen LogP contribution in [0, 0.1) is 17.0 Å². The third kappa shape index (κ3) is 4.39. The Morgan fingerprint density at radius 3 is 2.56 bits per heavy atom. The predicted octanol–water partition coefficient (Wildman–Crippen LogP) is 4.92. The lowest BCUT2D eigenvalue weighted by atomic mass is 9.93. The minimum atomic E-state index is -0.439. The Labute approximate surface area is 185 Å². The topological polar surface area (TPSA) is 101 Å². The molecule has 8 nitrogen and oxygen atoms in total. The maximum Gasteiger partial charge on any atom is 0.289 e. The van der Waals surface area contributed by atoms with Crippen molar-refractivity contribution in [2.45, 2.75) is 32.7 Å². The number of anilines is 1. The van der Waals surface area contributed by atoms with Crippen molar-refractivity contribution in [3.8, 4) is 0 Å². The Kier molecular flexibility index (Phi) is 6.02. The van der Waals surface area contributed by atoms with Crippen LogP contribution in [-0.4, -0.2) is 28.5 Å². The first kappa shape index (κ1) is 21.3. The molecule has 0 unspecified atom stereocenters. The van der Waals surface area contributed by atoms with Gasteiger partial charge in [-0.2, -0.15) is 5.10 Å². The number of rotatable bonds is 6. The van der Waals surface area contributed by atoms with Gasteiger partial charge in [0.15, 0.2) is 5.76 Å². The van der Waals surface area contributed by atoms with Gasteiger partial charge in [0.25, 0.3) is 11.6 Å². The van der Waals surface area contributed by atoms with E-state index >= 15 is 0 Å². The fraction of sp³-hybridized carbons (Fsp3) is 0.250.